The number of nitrogens with two attached hydrogens (primary N) is 1. The lowest BCUT2D eigenvalue weighted by Crippen LogP contribution is -2.22. The van der Waals surface area contributed by atoms with Crippen molar-refractivity contribution >= 4 is 35.6 Å². The molecule has 0 radical (unpaired) electrons. The van der Waals surface area contributed by atoms with Gasteiger partial charge in [-0.25, -0.2) is 9.98 Å². The predicted molar refractivity (Wildman–Crippen MR) is 105 cm³/mol. The van der Waals surface area contributed by atoms with Gasteiger partial charge in [0.15, 0.2) is 5.96 Å². The highest BCUT2D eigenvalue weighted by Gasteiger charge is 2.11. The summed E-state index contributed by atoms with van der Waals surface area (Å²) in [7, 11) is 0. The van der Waals surface area contributed by atoms with Crippen LogP contribution in [0.15, 0.2) is 35.5 Å². The van der Waals surface area contributed by atoms with Crippen molar-refractivity contribution in [1.82, 2.24) is 9.55 Å². The largest absolute Gasteiger partial charge is 0.370 e. The maximum absolute atomic E-state index is 5.95. The third kappa shape index (κ3) is 4.70. The van der Waals surface area contributed by atoms with E-state index in [9.17, 15) is 0 Å². The molecule has 1 aromatic heterocycles. The zero-order valence-corrected chi connectivity index (χ0v) is 15.8. The number of hydrogen-bond acceptors (Lipinski definition) is 2. The summed E-state index contributed by atoms with van der Waals surface area (Å²) < 4.78 is 2.24. The second-order valence-corrected chi connectivity index (χ2v) is 5.68. The lowest BCUT2D eigenvalue weighted by atomic mass is 10.1. The first-order valence-electron chi connectivity index (χ1n) is 7.95. The minimum absolute atomic E-state index is 0. The van der Waals surface area contributed by atoms with Gasteiger partial charge in [0.2, 0.25) is 0 Å². The molecule has 0 fully saturated rings. The summed E-state index contributed by atoms with van der Waals surface area (Å²) >= 11 is 0. The van der Waals surface area contributed by atoms with E-state index in [1.54, 1.807) is 0 Å². The summed E-state index contributed by atoms with van der Waals surface area (Å²) in [6.07, 6.45) is 6.68. The summed E-state index contributed by atoms with van der Waals surface area (Å²) in [5, 5.41) is 3.12. The summed E-state index contributed by atoms with van der Waals surface area (Å²) in [6, 6.07) is 8.24. The van der Waals surface area contributed by atoms with E-state index in [1.165, 1.54) is 24.2 Å². The number of rotatable bonds is 4. The highest BCUT2D eigenvalue weighted by molar-refractivity contribution is 14.0. The fourth-order valence-electron chi connectivity index (χ4n) is 2.73. The minimum atomic E-state index is 0. The molecule has 5 nitrogen and oxygen atoms in total. The molecular weight excluding hydrogens is 401 g/mol. The second-order valence-electron chi connectivity index (χ2n) is 5.68. The Hall–Kier alpha value is -1.57. The van der Waals surface area contributed by atoms with Crippen molar-refractivity contribution in [2.75, 3.05) is 5.32 Å². The lowest BCUT2D eigenvalue weighted by molar-refractivity contribution is 0.522. The van der Waals surface area contributed by atoms with E-state index in [2.05, 4.69) is 45.1 Å². The van der Waals surface area contributed by atoms with Crippen molar-refractivity contribution in [1.29, 1.82) is 0 Å². The van der Waals surface area contributed by atoms with Gasteiger partial charge in [-0.15, -0.1) is 24.0 Å². The molecule has 3 N–H and O–H groups in total. The Balaban J connectivity index is 0.00000192. The van der Waals surface area contributed by atoms with Gasteiger partial charge >= 0.3 is 0 Å². The van der Waals surface area contributed by atoms with Gasteiger partial charge in [-0.3, -0.25) is 0 Å². The van der Waals surface area contributed by atoms with Crippen LogP contribution in [0.1, 0.15) is 36.8 Å². The molecule has 1 aliphatic heterocycles. The summed E-state index contributed by atoms with van der Waals surface area (Å²) in [6.45, 7) is 3.73. The van der Waals surface area contributed by atoms with E-state index in [1.807, 2.05) is 12.1 Å². The van der Waals surface area contributed by atoms with Crippen molar-refractivity contribution < 1.29 is 0 Å². The first-order chi connectivity index (χ1) is 10.7. The first kappa shape index (κ1) is 17.8. The molecule has 0 aliphatic carbocycles. The smallest absolute Gasteiger partial charge is 0.193 e. The number of aryl methyl sites for hydroxylation is 3. The van der Waals surface area contributed by atoms with Crippen LogP contribution in [-0.2, 0) is 25.9 Å². The van der Waals surface area contributed by atoms with Gasteiger partial charge in [0.05, 0.1) is 12.2 Å². The van der Waals surface area contributed by atoms with Crippen LogP contribution < -0.4 is 11.1 Å². The number of aliphatic imine (C=N–C) groups is 1. The normalized spacial score (nSPS) is 14.0. The second kappa shape index (κ2) is 8.33. The first-order valence-corrected chi connectivity index (χ1v) is 7.95. The molecule has 0 bridgehead atoms. The molecular formula is C17H24IN5. The highest BCUT2D eigenvalue weighted by atomic mass is 127. The van der Waals surface area contributed by atoms with Gasteiger partial charge in [0, 0.05) is 24.8 Å². The lowest BCUT2D eigenvalue weighted by Gasteiger charge is -2.11. The van der Waals surface area contributed by atoms with Crippen LogP contribution in [0.2, 0.25) is 0 Å². The Morgan fingerprint density at radius 3 is 2.78 bits per heavy atom. The topological polar surface area (TPSA) is 68.2 Å². The van der Waals surface area contributed by atoms with Gasteiger partial charge in [0.1, 0.15) is 5.82 Å². The molecule has 1 aliphatic rings. The SMILES string of the molecule is CCc1ccc(NC(N)=NCc2cn3c(n2)CCCC3)cc1.I. The van der Waals surface area contributed by atoms with Crippen molar-refractivity contribution in [3.63, 3.8) is 0 Å². The van der Waals surface area contributed by atoms with Gasteiger partial charge in [-0.1, -0.05) is 19.1 Å². The van der Waals surface area contributed by atoms with E-state index in [0.717, 1.165) is 30.8 Å². The fraction of sp³-hybridized carbons (Fsp3) is 0.412. The molecule has 0 saturated heterocycles. The molecule has 0 saturated carbocycles. The third-order valence-electron chi connectivity index (χ3n) is 4.00. The van der Waals surface area contributed by atoms with E-state index >= 15 is 0 Å². The molecule has 0 atom stereocenters. The molecule has 0 spiro atoms. The standard InChI is InChI=1S/C17H23N5.HI/c1-2-13-6-8-14(9-7-13)21-17(18)19-11-15-12-22-10-4-3-5-16(22)20-15;/h6-9,12H,2-5,10-11H2,1H3,(H3,18,19,21);1H. The van der Waals surface area contributed by atoms with Crippen LogP contribution >= 0.6 is 24.0 Å². The number of halogens is 1. The molecule has 2 aromatic rings. The number of fused-ring (bicyclic) bond motifs is 1. The van der Waals surface area contributed by atoms with Crippen LogP contribution in [0.25, 0.3) is 0 Å². The predicted octanol–water partition coefficient (Wildman–Crippen LogP) is 3.33. The fourth-order valence-corrected chi connectivity index (χ4v) is 2.73. The average Bonchev–Trinajstić information content (AvgIpc) is 2.96. The van der Waals surface area contributed by atoms with Gasteiger partial charge in [-0.2, -0.15) is 0 Å². The molecule has 0 amide bonds. The average molecular weight is 425 g/mol. The maximum atomic E-state index is 5.95. The van der Waals surface area contributed by atoms with E-state index in [4.69, 9.17) is 5.73 Å². The van der Waals surface area contributed by atoms with Crippen LogP contribution in [0, 0.1) is 0 Å². The van der Waals surface area contributed by atoms with Crippen molar-refractivity contribution in [2.45, 2.75) is 45.7 Å². The molecule has 2 heterocycles. The summed E-state index contributed by atoms with van der Waals surface area (Å²) in [5.41, 5.74) is 9.21. The molecule has 6 heteroatoms. The number of hydrogen-bond donors (Lipinski definition) is 2. The number of nitrogens with one attached hydrogen (secondary N) is 1. The van der Waals surface area contributed by atoms with Gasteiger partial charge in [-0.05, 0) is 37.0 Å². The number of guanidine groups is 1. The molecule has 23 heavy (non-hydrogen) atoms. The van der Waals surface area contributed by atoms with Crippen LogP contribution in [0.5, 0.6) is 0 Å². The molecule has 124 valence electrons. The quantitative estimate of drug-likeness (QED) is 0.449. The molecule has 1 aromatic carbocycles. The highest BCUT2D eigenvalue weighted by Crippen LogP contribution is 2.15. The Morgan fingerprint density at radius 2 is 2.09 bits per heavy atom. The van der Waals surface area contributed by atoms with Gasteiger partial charge in [0.25, 0.3) is 0 Å². The van der Waals surface area contributed by atoms with E-state index in [-0.39, 0.29) is 24.0 Å². The van der Waals surface area contributed by atoms with E-state index in [0.29, 0.717) is 12.5 Å². The number of aromatic nitrogens is 2. The number of imidazole rings is 1. The van der Waals surface area contributed by atoms with Gasteiger partial charge < -0.3 is 15.6 Å². The molecule has 0 unspecified atom stereocenters. The maximum Gasteiger partial charge on any atom is 0.193 e. The van der Waals surface area contributed by atoms with Crippen LogP contribution in [0.3, 0.4) is 0 Å². The van der Waals surface area contributed by atoms with Crippen molar-refractivity contribution in [2.24, 2.45) is 10.7 Å². The Labute approximate surface area is 154 Å². The number of nitrogens with zero attached hydrogens (tertiary/aromatic N) is 3. The Morgan fingerprint density at radius 1 is 1.30 bits per heavy atom. The van der Waals surface area contributed by atoms with Crippen molar-refractivity contribution in [3.05, 3.63) is 47.5 Å². The van der Waals surface area contributed by atoms with E-state index < -0.39 is 0 Å². The number of anilines is 1. The summed E-state index contributed by atoms with van der Waals surface area (Å²) in [4.78, 5) is 9.01. The van der Waals surface area contributed by atoms with Crippen LogP contribution in [-0.4, -0.2) is 15.5 Å². The monoisotopic (exact) mass is 425 g/mol. The number of benzene rings is 1. The third-order valence-corrected chi connectivity index (χ3v) is 4.00. The van der Waals surface area contributed by atoms with Crippen LogP contribution in [0.4, 0.5) is 5.69 Å². The Bertz CT molecular complexity index is 637. The zero-order chi connectivity index (χ0) is 15.4. The van der Waals surface area contributed by atoms with Crippen molar-refractivity contribution in [3.8, 4) is 0 Å². The molecule has 3 rings (SSSR count). The summed E-state index contributed by atoms with van der Waals surface area (Å²) in [5.74, 6) is 1.60. The minimum Gasteiger partial charge on any atom is -0.370 e. The zero-order valence-electron chi connectivity index (χ0n) is 13.5. The Kier molecular flexibility index (Phi) is 6.44.